The highest BCUT2D eigenvalue weighted by Gasteiger charge is 2.30. The third-order valence-corrected chi connectivity index (χ3v) is 5.46. The van der Waals surface area contributed by atoms with Crippen LogP contribution in [-0.4, -0.2) is 41.7 Å². The number of hydrogen-bond donors (Lipinski definition) is 2. The van der Waals surface area contributed by atoms with E-state index in [1.54, 1.807) is 5.57 Å². The van der Waals surface area contributed by atoms with Gasteiger partial charge in [-0.3, -0.25) is 0 Å². The number of nitrogens with zero attached hydrogens (tertiary/aromatic N) is 1. The van der Waals surface area contributed by atoms with Gasteiger partial charge in [0, 0.05) is 24.5 Å². The zero-order valence-corrected chi connectivity index (χ0v) is 13.3. The predicted molar refractivity (Wildman–Crippen MR) is 87.4 cm³/mol. The second kappa shape index (κ2) is 6.37. The second-order valence-electron chi connectivity index (χ2n) is 6.69. The molecule has 3 aliphatic rings. The molecule has 0 bridgehead atoms. The van der Waals surface area contributed by atoms with Gasteiger partial charge in [-0.25, -0.2) is 0 Å². The first-order valence-corrected chi connectivity index (χ1v) is 8.41. The number of hydrogen-bond acceptors (Lipinski definition) is 3. The highest BCUT2D eigenvalue weighted by Crippen LogP contribution is 2.32. The quantitative estimate of drug-likeness (QED) is 0.782. The van der Waals surface area contributed by atoms with Gasteiger partial charge in [-0.05, 0) is 51.8 Å². The van der Waals surface area contributed by atoms with Gasteiger partial charge in [0.25, 0.3) is 0 Å². The Morgan fingerprint density at radius 2 is 2.00 bits per heavy atom. The molecule has 0 spiro atoms. The molecule has 0 radical (unpaired) electrons. The standard InChI is InChI=1S/C18H28N2O/c1-3-20(2)15-8-4-13(5-9-15)17-11-7-14-6-10-16(21)12-18(14)19-17/h4,6,10,15,17-19,21H,3,5,7-9,11-12H2,1-2H3/t15-,17?,18-/m0/s1. The molecule has 2 N–H and O–H groups in total. The van der Waals surface area contributed by atoms with Crippen molar-refractivity contribution in [3.63, 3.8) is 0 Å². The molecule has 0 aromatic carbocycles. The molecule has 1 saturated heterocycles. The summed E-state index contributed by atoms with van der Waals surface area (Å²) in [6.45, 7) is 3.37. The van der Waals surface area contributed by atoms with Crippen LogP contribution in [0.25, 0.3) is 0 Å². The van der Waals surface area contributed by atoms with Gasteiger partial charge < -0.3 is 15.3 Å². The topological polar surface area (TPSA) is 35.5 Å². The van der Waals surface area contributed by atoms with Crippen LogP contribution >= 0.6 is 0 Å². The van der Waals surface area contributed by atoms with Gasteiger partial charge in [0.1, 0.15) is 0 Å². The number of fused-ring (bicyclic) bond motifs is 1. The molecule has 1 fully saturated rings. The predicted octanol–water partition coefficient (Wildman–Crippen LogP) is 3.31. The fourth-order valence-electron chi connectivity index (χ4n) is 3.90. The van der Waals surface area contributed by atoms with E-state index >= 15 is 0 Å². The van der Waals surface area contributed by atoms with Crippen LogP contribution in [-0.2, 0) is 0 Å². The van der Waals surface area contributed by atoms with Crippen molar-refractivity contribution in [1.29, 1.82) is 0 Å². The van der Waals surface area contributed by atoms with Gasteiger partial charge in [0.15, 0.2) is 0 Å². The van der Waals surface area contributed by atoms with Gasteiger partial charge in [-0.2, -0.15) is 0 Å². The zero-order chi connectivity index (χ0) is 14.8. The Bertz CT molecular complexity index is 478. The molecule has 3 nitrogen and oxygen atoms in total. The molecular formula is C18H28N2O. The van der Waals surface area contributed by atoms with Gasteiger partial charge in [-0.1, -0.05) is 30.2 Å². The smallest absolute Gasteiger partial charge is 0.0941 e. The van der Waals surface area contributed by atoms with Crippen molar-refractivity contribution in [3.8, 4) is 0 Å². The van der Waals surface area contributed by atoms with Gasteiger partial charge >= 0.3 is 0 Å². The largest absolute Gasteiger partial charge is 0.512 e. The van der Waals surface area contributed by atoms with Crippen molar-refractivity contribution >= 4 is 0 Å². The minimum atomic E-state index is 0.352. The molecule has 0 saturated carbocycles. The van der Waals surface area contributed by atoms with E-state index in [9.17, 15) is 5.11 Å². The number of aliphatic hydroxyl groups excluding tert-OH is 1. The molecule has 2 aliphatic carbocycles. The van der Waals surface area contributed by atoms with Crippen molar-refractivity contribution in [2.24, 2.45) is 0 Å². The van der Waals surface area contributed by atoms with E-state index in [0.29, 0.717) is 17.8 Å². The first-order chi connectivity index (χ1) is 10.2. The molecule has 21 heavy (non-hydrogen) atoms. The van der Waals surface area contributed by atoms with Crippen LogP contribution in [0.1, 0.15) is 45.4 Å². The van der Waals surface area contributed by atoms with Crippen molar-refractivity contribution in [2.75, 3.05) is 13.6 Å². The average Bonchev–Trinajstić information content (AvgIpc) is 2.53. The van der Waals surface area contributed by atoms with Crippen LogP contribution in [0.5, 0.6) is 0 Å². The maximum absolute atomic E-state index is 9.72. The molecule has 0 aromatic heterocycles. The Hall–Kier alpha value is -1.06. The summed E-state index contributed by atoms with van der Waals surface area (Å²) in [6.07, 6.45) is 13.3. The summed E-state index contributed by atoms with van der Waals surface area (Å²) < 4.78 is 0. The van der Waals surface area contributed by atoms with E-state index in [0.717, 1.165) is 19.0 Å². The highest BCUT2D eigenvalue weighted by molar-refractivity contribution is 5.30. The zero-order valence-electron chi connectivity index (χ0n) is 13.3. The first kappa shape index (κ1) is 14.9. The minimum absolute atomic E-state index is 0.352. The maximum Gasteiger partial charge on any atom is 0.0941 e. The SMILES string of the molecule is CCN(C)[C@H]1CC=C(C2CCC3=CC=C(O)C[C@@H]3N2)CC1. The van der Waals surface area contributed by atoms with Crippen LogP contribution in [0.3, 0.4) is 0 Å². The molecule has 3 rings (SSSR count). The molecule has 1 heterocycles. The second-order valence-corrected chi connectivity index (χ2v) is 6.69. The van der Waals surface area contributed by atoms with Crippen LogP contribution in [0.4, 0.5) is 0 Å². The van der Waals surface area contributed by atoms with E-state index in [1.807, 2.05) is 6.08 Å². The van der Waals surface area contributed by atoms with Gasteiger partial charge in [0.05, 0.1) is 5.76 Å². The fraction of sp³-hybridized carbons (Fsp3) is 0.667. The number of nitrogens with one attached hydrogen (secondary N) is 1. The molecule has 1 aliphatic heterocycles. The van der Waals surface area contributed by atoms with Crippen LogP contribution in [0, 0.1) is 0 Å². The van der Waals surface area contributed by atoms with E-state index in [1.165, 1.54) is 37.7 Å². The van der Waals surface area contributed by atoms with Gasteiger partial charge in [-0.15, -0.1) is 0 Å². The Kier molecular flexibility index (Phi) is 4.51. The average molecular weight is 288 g/mol. The molecule has 3 atom stereocenters. The molecule has 116 valence electrons. The van der Waals surface area contributed by atoms with Crippen LogP contribution in [0.2, 0.25) is 0 Å². The Balaban J connectivity index is 1.61. The number of rotatable bonds is 3. The summed E-state index contributed by atoms with van der Waals surface area (Å²) in [5.41, 5.74) is 3.06. The van der Waals surface area contributed by atoms with Crippen molar-refractivity contribution < 1.29 is 5.11 Å². The van der Waals surface area contributed by atoms with Crippen molar-refractivity contribution in [1.82, 2.24) is 10.2 Å². The minimum Gasteiger partial charge on any atom is -0.512 e. The summed E-state index contributed by atoms with van der Waals surface area (Å²) in [4.78, 5) is 2.46. The summed E-state index contributed by atoms with van der Waals surface area (Å²) in [5.74, 6) is 0.513. The molecule has 3 heteroatoms. The first-order valence-electron chi connectivity index (χ1n) is 8.41. The third kappa shape index (κ3) is 3.24. The third-order valence-electron chi connectivity index (χ3n) is 5.46. The Morgan fingerprint density at radius 3 is 2.71 bits per heavy atom. The number of piperidine rings is 1. The lowest BCUT2D eigenvalue weighted by molar-refractivity contribution is 0.232. The highest BCUT2D eigenvalue weighted by atomic mass is 16.3. The molecule has 0 amide bonds. The van der Waals surface area contributed by atoms with Crippen LogP contribution in [0.15, 0.2) is 35.1 Å². The van der Waals surface area contributed by atoms with Crippen molar-refractivity contribution in [2.45, 2.75) is 63.6 Å². The number of allylic oxidation sites excluding steroid dienone is 2. The van der Waals surface area contributed by atoms with E-state index in [-0.39, 0.29) is 0 Å². The lowest BCUT2D eigenvalue weighted by atomic mass is 9.82. The van der Waals surface area contributed by atoms with E-state index in [4.69, 9.17) is 0 Å². The maximum atomic E-state index is 9.72. The summed E-state index contributed by atoms with van der Waals surface area (Å²) in [5, 5.41) is 13.5. The van der Waals surface area contributed by atoms with E-state index in [2.05, 4.69) is 36.3 Å². The van der Waals surface area contributed by atoms with Crippen molar-refractivity contribution in [3.05, 3.63) is 35.1 Å². The fourth-order valence-corrected chi connectivity index (χ4v) is 3.90. The van der Waals surface area contributed by atoms with Crippen LogP contribution < -0.4 is 5.32 Å². The summed E-state index contributed by atoms with van der Waals surface area (Å²) in [6, 6.07) is 1.59. The summed E-state index contributed by atoms with van der Waals surface area (Å²) >= 11 is 0. The lowest BCUT2D eigenvalue weighted by Crippen LogP contribution is -2.46. The van der Waals surface area contributed by atoms with Gasteiger partial charge in [0.2, 0.25) is 0 Å². The molecule has 1 unspecified atom stereocenters. The normalized spacial score (nSPS) is 33.1. The lowest BCUT2D eigenvalue weighted by Gasteiger charge is -2.38. The Morgan fingerprint density at radius 1 is 1.19 bits per heavy atom. The monoisotopic (exact) mass is 288 g/mol. The van der Waals surface area contributed by atoms with E-state index < -0.39 is 0 Å². The summed E-state index contributed by atoms with van der Waals surface area (Å²) in [7, 11) is 2.23. The molecule has 0 aromatic rings. The molecular weight excluding hydrogens is 260 g/mol. The number of aliphatic hydroxyl groups is 1. The Labute approximate surface area is 128 Å².